The summed E-state index contributed by atoms with van der Waals surface area (Å²) in [4.78, 5) is 29.4. The summed E-state index contributed by atoms with van der Waals surface area (Å²) in [6.45, 7) is 8.25. The summed E-state index contributed by atoms with van der Waals surface area (Å²) in [5.41, 5.74) is 2.00. The van der Waals surface area contributed by atoms with E-state index in [2.05, 4.69) is 21.8 Å². The number of piperazine rings is 1. The Morgan fingerprint density at radius 1 is 1.17 bits per heavy atom. The summed E-state index contributed by atoms with van der Waals surface area (Å²) < 4.78 is 11.4. The molecule has 1 aromatic rings. The molecule has 8 heteroatoms. The van der Waals surface area contributed by atoms with Gasteiger partial charge in [0.15, 0.2) is 0 Å². The van der Waals surface area contributed by atoms with Gasteiger partial charge in [0.25, 0.3) is 0 Å². The number of ether oxygens (including phenoxy) is 2. The SMILES string of the molecule is CN1CCN(c2ncc3c(n2)C2(CCN(C(=O)CC4CCOCC4)C2)COC3)CC1. The van der Waals surface area contributed by atoms with Crippen LogP contribution in [0.1, 0.15) is 36.9 Å². The Balaban J connectivity index is 1.32. The highest BCUT2D eigenvalue weighted by atomic mass is 16.5. The van der Waals surface area contributed by atoms with Crippen LogP contribution in [0, 0.1) is 5.92 Å². The molecule has 1 spiro atoms. The number of likely N-dealkylation sites (N-methyl/N-ethyl adjacent to an activating group) is 1. The van der Waals surface area contributed by atoms with Gasteiger partial charge in [-0.1, -0.05) is 0 Å². The van der Waals surface area contributed by atoms with E-state index in [0.29, 0.717) is 32.1 Å². The van der Waals surface area contributed by atoms with Gasteiger partial charge in [-0.15, -0.1) is 0 Å². The third-order valence-corrected chi connectivity index (χ3v) is 7.29. The normalized spacial score (nSPS) is 28.2. The maximum absolute atomic E-state index is 13.0. The molecule has 0 saturated carbocycles. The van der Waals surface area contributed by atoms with Crippen LogP contribution in [-0.4, -0.2) is 91.8 Å². The molecule has 0 aromatic carbocycles. The van der Waals surface area contributed by atoms with Crippen molar-refractivity contribution in [1.29, 1.82) is 0 Å². The summed E-state index contributed by atoms with van der Waals surface area (Å²) in [6.07, 6.45) is 5.50. The lowest BCUT2D eigenvalue weighted by molar-refractivity contribution is -0.132. The van der Waals surface area contributed by atoms with Crippen LogP contribution >= 0.6 is 0 Å². The first-order chi connectivity index (χ1) is 14.6. The van der Waals surface area contributed by atoms with E-state index < -0.39 is 0 Å². The molecule has 5 heterocycles. The summed E-state index contributed by atoms with van der Waals surface area (Å²) >= 11 is 0. The average molecular weight is 416 g/mol. The molecule has 0 radical (unpaired) electrons. The van der Waals surface area contributed by atoms with Crippen LogP contribution in [0.2, 0.25) is 0 Å². The van der Waals surface area contributed by atoms with Crippen molar-refractivity contribution in [1.82, 2.24) is 19.8 Å². The molecule has 8 nitrogen and oxygen atoms in total. The Hall–Kier alpha value is -1.77. The van der Waals surface area contributed by atoms with Gasteiger partial charge in [-0.05, 0) is 32.2 Å². The molecule has 1 unspecified atom stereocenters. The van der Waals surface area contributed by atoms with E-state index in [0.717, 1.165) is 82.4 Å². The quantitative estimate of drug-likeness (QED) is 0.731. The number of aromatic nitrogens is 2. The first-order valence-electron chi connectivity index (χ1n) is 11.4. The fourth-order valence-electron chi connectivity index (χ4n) is 5.27. The molecule has 4 aliphatic heterocycles. The van der Waals surface area contributed by atoms with Gasteiger partial charge >= 0.3 is 0 Å². The lowest BCUT2D eigenvalue weighted by Crippen LogP contribution is -2.46. The number of fused-ring (bicyclic) bond motifs is 2. The van der Waals surface area contributed by atoms with Crippen molar-refractivity contribution in [3.05, 3.63) is 17.5 Å². The van der Waals surface area contributed by atoms with E-state index in [-0.39, 0.29) is 11.3 Å². The van der Waals surface area contributed by atoms with Gasteiger partial charge in [0.1, 0.15) is 0 Å². The minimum absolute atomic E-state index is 0.191. The molecule has 5 rings (SSSR count). The lowest BCUT2D eigenvalue weighted by Gasteiger charge is -2.36. The van der Waals surface area contributed by atoms with E-state index in [1.54, 1.807) is 0 Å². The Bertz CT molecular complexity index is 776. The van der Waals surface area contributed by atoms with E-state index in [1.165, 1.54) is 0 Å². The number of hydrogen-bond donors (Lipinski definition) is 0. The molecular weight excluding hydrogens is 382 g/mol. The van der Waals surface area contributed by atoms with Gasteiger partial charge in [0.2, 0.25) is 11.9 Å². The molecular formula is C22H33N5O3. The summed E-state index contributed by atoms with van der Waals surface area (Å²) in [7, 11) is 2.15. The van der Waals surface area contributed by atoms with Crippen molar-refractivity contribution in [2.75, 3.05) is 71.0 Å². The molecule has 1 amide bonds. The number of nitrogens with zero attached hydrogens (tertiary/aromatic N) is 5. The summed E-state index contributed by atoms with van der Waals surface area (Å²) in [5, 5.41) is 0. The topological polar surface area (TPSA) is 71.0 Å². The van der Waals surface area contributed by atoms with Gasteiger partial charge < -0.3 is 24.2 Å². The maximum Gasteiger partial charge on any atom is 0.225 e. The summed E-state index contributed by atoms with van der Waals surface area (Å²) in [6, 6.07) is 0. The first-order valence-corrected chi connectivity index (χ1v) is 11.4. The van der Waals surface area contributed by atoms with Gasteiger partial charge in [-0.2, -0.15) is 0 Å². The van der Waals surface area contributed by atoms with E-state index in [9.17, 15) is 4.79 Å². The molecule has 1 aromatic heterocycles. The van der Waals surface area contributed by atoms with Gasteiger partial charge in [-0.3, -0.25) is 4.79 Å². The van der Waals surface area contributed by atoms with Crippen molar-refractivity contribution in [2.45, 2.75) is 37.7 Å². The van der Waals surface area contributed by atoms with E-state index in [4.69, 9.17) is 14.5 Å². The first kappa shape index (κ1) is 20.2. The highest BCUT2D eigenvalue weighted by Crippen LogP contribution is 2.40. The fourth-order valence-corrected chi connectivity index (χ4v) is 5.27. The number of anilines is 1. The molecule has 3 fully saturated rings. The van der Waals surface area contributed by atoms with E-state index >= 15 is 0 Å². The highest BCUT2D eigenvalue weighted by Gasteiger charge is 2.46. The molecule has 1 atom stereocenters. The second kappa shape index (κ2) is 8.40. The number of carbonyl (C=O) groups is 1. The van der Waals surface area contributed by atoms with Gasteiger partial charge in [0, 0.05) is 70.7 Å². The Morgan fingerprint density at radius 2 is 1.97 bits per heavy atom. The van der Waals surface area contributed by atoms with Crippen LogP contribution in [0.15, 0.2) is 6.20 Å². The van der Waals surface area contributed by atoms with Crippen molar-refractivity contribution in [3.63, 3.8) is 0 Å². The van der Waals surface area contributed by atoms with Crippen molar-refractivity contribution >= 4 is 11.9 Å². The standard InChI is InChI=1S/C22H33N5O3/c1-25-6-8-26(9-7-25)21-23-13-18-14-30-16-22(20(18)24-21)4-5-27(15-22)19(28)12-17-2-10-29-11-3-17/h13,17H,2-12,14-16H2,1H3. The van der Waals surface area contributed by atoms with Crippen LogP contribution in [0.25, 0.3) is 0 Å². The number of rotatable bonds is 3. The highest BCUT2D eigenvalue weighted by molar-refractivity contribution is 5.77. The molecule has 4 aliphatic rings. The molecule has 164 valence electrons. The molecule has 30 heavy (non-hydrogen) atoms. The van der Waals surface area contributed by atoms with Gasteiger partial charge in [0.05, 0.1) is 24.3 Å². The zero-order chi connectivity index (χ0) is 20.6. The van der Waals surface area contributed by atoms with Crippen LogP contribution in [0.5, 0.6) is 0 Å². The Labute approximate surface area is 178 Å². The summed E-state index contributed by atoms with van der Waals surface area (Å²) in [5.74, 6) is 1.57. The van der Waals surface area contributed by atoms with Crippen LogP contribution < -0.4 is 4.90 Å². The van der Waals surface area contributed by atoms with Gasteiger partial charge in [-0.25, -0.2) is 9.97 Å². The second-order valence-corrected chi connectivity index (χ2v) is 9.43. The third kappa shape index (κ3) is 3.92. The third-order valence-electron chi connectivity index (χ3n) is 7.29. The molecule has 0 aliphatic carbocycles. The predicted molar refractivity (Wildman–Crippen MR) is 112 cm³/mol. The zero-order valence-corrected chi connectivity index (χ0v) is 18.0. The van der Waals surface area contributed by atoms with Crippen LogP contribution in [-0.2, 0) is 26.3 Å². The molecule has 3 saturated heterocycles. The van der Waals surface area contributed by atoms with Crippen LogP contribution in [0.3, 0.4) is 0 Å². The minimum Gasteiger partial charge on any atom is -0.381 e. The zero-order valence-electron chi connectivity index (χ0n) is 18.0. The fraction of sp³-hybridized carbons (Fsp3) is 0.773. The Kier molecular flexibility index (Phi) is 5.64. The average Bonchev–Trinajstić information content (AvgIpc) is 3.20. The molecule has 0 bridgehead atoms. The molecule has 0 N–H and O–H groups in total. The van der Waals surface area contributed by atoms with Crippen molar-refractivity contribution < 1.29 is 14.3 Å². The Morgan fingerprint density at radius 3 is 2.77 bits per heavy atom. The number of amides is 1. The predicted octanol–water partition coefficient (Wildman–Crippen LogP) is 1.05. The second-order valence-electron chi connectivity index (χ2n) is 9.43. The van der Waals surface area contributed by atoms with E-state index in [1.807, 2.05) is 11.1 Å². The van der Waals surface area contributed by atoms with Crippen molar-refractivity contribution in [2.24, 2.45) is 5.92 Å². The number of carbonyl (C=O) groups excluding carboxylic acids is 1. The number of likely N-dealkylation sites (tertiary alicyclic amines) is 1. The smallest absolute Gasteiger partial charge is 0.225 e. The maximum atomic E-state index is 13.0. The van der Waals surface area contributed by atoms with Crippen molar-refractivity contribution in [3.8, 4) is 0 Å². The number of hydrogen-bond acceptors (Lipinski definition) is 7. The monoisotopic (exact) mass is 415 g/mol. The largest absolute Gasteiger partial charge is 0.381 e. The minimum atomic E-state index is -0.191. The lowest BCUT2D eigenvalue weighted by atomic mass is 9.80. The van der Waals surface area contributed by atoms with Crippen LogP contribution in [0.4, 0.5) is 5.95 Å².